The lowest BCUT2D eigenvalue weighted by Gasteiger charge is -2.36. The van der Waals surface area contributed by atoms with Gasteiger partial charge in [0.2, 0.25) is 5.91 Å². The van der Waals surface area contributed by atoms with Crippen LogP contribution in [0.15, 0.2) is 54.0 Å². The Morgan fingerprint density at radius 1 is 1.09 bits per heavy atom. The van der Waals surface area contributed by atoms with E-state index in [2.05, 4.69) is 4.90 Å². The summed E-state index contributed by atoms with van der Waals surface area (Å²) in [7, 11) is 0. The third-order valence-corrected chi connectivity index (χ3v) is 7.68. The molecule has 2 aromatic carbocycles. The molecular formula is C25H24Cl2N4O2S. The topological polar surface area (TPSA) is 50.1 Å². The molecule has 1 amide bonds. The van der Waals surface area contributed by atoms with Gasteiger partial charge in [-0.1, -0.05) is 29.3 Å². The summed E-state index contributed by atoms with van der Waals surface area (Å²) in [5, 5.41) is 3.13. The van der Waals surface area contributed by atoms with Crippen LogP contribution in [0.5, 0.6) is 5.75 Å². The molecule has 0 atom stereocenters. The highest BCUT2D eigenvalue weighted by Gasteiger charge is 2.24. The van der Waals surface area contributed by atoms with E-state index in [0.29, 0.717) is 36.2 Å². The molecule has 4 aromatic rings. The first-order chi connectivity index (χ1) is 16.5. The average Bonchev–Trinajstić information content (AvgIpc) is 3.44. The van der Waals surface area contributed by atoms with Gasteiger partial charge in [0.15, 0.2) is 4.96 Å². The lowest BCUT2D eigenvalue weighted by molar-refractivity contribution is -0.130. The van der Waals surface area contributed by atoms with Gasteiger partial charge in [-0.15, -0.1) is 11.3 Å². The Bertz CT molecular complexity index is 1310. The van der Waals surface area contributed by atoms with Gasteiger partial charge in [-0.3, -0.25) is 9.20 Å². The first kappa shape index (κ1) is 23.0. The van der Waals surface area contributed by atoms with Crippen LogP contribution >= 0.6 is 34.5 Å². The Morgan fingerprint density at radius 3 is 2.59 bits per heavy atom. The summed E-state index contributed by atoms with van der Waals surface area (Å²) in [6, 6.07) is 13.6. The Labute approximate surface area is 212 Å². The van der Waals surface area contributed by atoms with Gasteiger partial charge in [0.25, 0.3) is 0 Å². The van der Waals surface area contributed by atoms with E-state index in [0.717, 1.165) is 46.4 Å². The van der Waals surface area contributed by atoms with Crippen molar-refractivity contribution in [3.8, 4) is 17.0 Å². The molecule has 34 heavy (non-hydrogen) atoms. The van der Waals surface area contributed by atoms with Crippen molar-refractivity contribution in [2.45, 2.75) is 13.3 Å². The third-order valence-electron chi connectivity index (χ3n) is 5.98. The van der Waals surface area contributed by atoms with Crippen molar-refractivity contribution in [1.82, 2.24) is 14.3 Å². The number of thiazole rings is 1. The number of amides is 1. The number of benzene rings is 2. The maximum atomic E-state index is 13.1. The number of carbonyl (C=O) groups is 1. The number of fused-ring (bicyclic) bond motifs is 1. The Hall–Kier alpha value is -2.74. The smallest absolute Gasteiger partial charge is 0.228 e. The van der Waals surface area contributed by atoms with Crippen molar-refractivity contribution < 1.29 is 9.53 Å². The molecule has 0 spiro atoms. The fraction of sp³-hybridized carbons (Fsp3) is 0.280. The van der Waals surface area contributed by atoms with E-state index >= 15 is 0 Å². The van der Waals surface area contributed by atoms with Gasteiger partial charge in [0, 0.05) is 49.0 Å². The number of aromatic nitrogens is 2. The number of imidazole rings is 1. The number of anilines is 1. The number of halogens is 2. The third kappa shape index (κ3) is 4.60. The maximum Gasteiger partial charge on any atom is 0.228 e. The fourth-order valence-corrected chi connectivity index (χ4v) is 5.47. The molecule has 176 valence electrons. The van der Waals surface area contributed by atoms with Crippen LogP contribution in [0.25, 0.3) is 16.2 Å². The number of hydrogen-bond donors (Lipinski definition) is 0. The van der Waals surface area contributed by atoms with Crippen LogP contribution in [0, 0.1) is 0 Å². The zero-order valence-corrected chi connectivity index (χ0v) is 21.0. The first-order valence-electron chi connectivity index (χ1n) is 11.2. The van der Waals surface area contributed by atoms with Crippen molar-refractivity contribution in [1.29, 1.82) is 0 Å². The van der Waals surface area contributed by atoms with Crippen LogP contribution in [0.4, 0.5) is 5.69 Å². The summed E-state index contributed by atoms with van der Waals surface area (Å²) in [5.74, 6) is 0.962. The normalized spacial score (nSPS) is 14.1. The second-order valence-electron chi connectivity index (χ2n) is 8.08. The van der Waals surface area contributed by atoms with Crippen molar-refractivity contribution in [2.24, 2.45) is 0 Å². The van der Waals surface area contributed by atoms with E-state index in [1.165, 1.54) is 0 Å². The molecule has 1 aliphatic rings. The summed E-state index contributed by atoms with van der Waals surface area (Å²) in [6.07, 6.45) is 2.35. The molecule has 0 aliphatic carbocycles. The minimum Gasteiger partial charge on any atom is -0.494 e. The van der Waals surface area contributed by atoms with E-state index < -0.39 is 0 Å². The predicted octanol–water partition coefficient (Wildman–Crippen LogP) is 5.66. The molecule has 0 radical (unpaired) electrons. The fourth-order valence-electron chi connectivity index (χ4n) is 4.18. The summed E-state index contributed by atoms with van der Waals surface area (Å²) in [5.41, 5.74) is 3.78. The van der Waals surface area contributed by atoms with Gasteiger partial charge < -0.3 is 14.5 Å². The summed E-state index contributed by atoms with van der Waals surface area (Å²) >= 11 is 14.1. The predicted molar refractivity (Wildman–Crippen MR) is 139 cm³/mol. The second-order valence-corrected chi connectivity index (χ2v) is 9.70. The molecule has 0 unspecified atom stereocenters. The highest BCUT2D eigenvalue weighted by molar-refractivity contribution is 7.15. The number of hydrogen-bond acceptors (Lipinski definition) is 5. The number of carbonyl (C=O) groups excluding carboxylic acids is 1. The molecule has 0 N–H and O–H groups in total. The van der Waals surface area contributed by atoms with E-state index in [1.54, 1.807) is 17.4 Å². The highest BCUT2D eigenvalue weighted by atomic mass is 35.5. The van der Waals surface area contributed by atoms with E-state index in [9.17, 15) is 4.79 Å². The summed E-state index contributed by atoms with van der Waals surface area (Å²) < 4.78 is 7.55. The quantitative estimate of drug-likeness (QED) is 0.333. The molecule has 9 heteroatoms. The minimum absolute atomic E-state index is 0.118. The van der Waals surface area contributed by atoms with Crippen LogP contribution in [-0.2, 0) is 11.2 Å². The molecule has 6 nitrogen and oxygen atoms in total. The van der Waals surface area contributed by atoms with Crippen LogP contribution in [0.2, 0.25) is 10.0 Å². The monoisotopic (exact) mass is 514 g/mol. The van der Waals surface area contributed by atoms with Crippen LogP contribution in [0.1, 0.15) is 12.6 Å². The SMILES string of the molecule is CCOc1ccc(-c2cn3c(CC(=O)N4CCN(c5cccc(Cl)c5Cl)CC4)csc3n2)cc1. The number of nitrogens with zero attached hydrogens (tertiary/aromatic N) is 4. The number of ether oxygens (including phenoxy) is 1. The number of piperazine rings is 1. The zero-order valence-electron chi connectivity index (χ0n) is 18.7. The number of rotatable bonds is 6. The molecule has 2 aromatic heterocycles. The molecule has 1 fully saturated rings. The first-order valence-corrected chi connectivity index (χ1v) is 12.8. The van der Waals surface area contributed by atoms with Gasteiger partial charge in [-0.25, -0.2) is 4.98 Å². The van der Waals surface area contributed by atoms with Crippen molar-refractivity contribution >= 4 is 51.1 Å². The van der Waals surface area contributed by atoms with Gasteiger partial charge in [0.1, 0.15) is 5.75 Å². The summed E-state index contributed by atoms with van der Waals surface area (Å²) in [6.45, 7) is 5.34. The molecule has 5 rings (SSSR count). The standard InChI is InChI=1S/C25H24Cl2N4O2S/c1-2-33-19-8-6-17(7-9-19)21-15-31-18(16-34-25(31)28-21)14-23(32)30-12-10-29(11-13-30)22-5-3-4-20(26)24(22)27/h3-9,15-16H,2,10-14H2,1H3. The largest absolute Gasteiger partial charge is 0.494 e. The molecule has 1 aliphatic heterocycles. The van der Waals surface area contributed by atoms with E-state index in [4.69, 9.17) is 32.9 Å². The Kier molecular flexibility index (Phi) is 6.68. The van der Waals surface area contributed by atoms with E-state index in [1.807, 2.05) is 64.2 Å². The lowest BCUT2D eigenvalue weighted by Crippen LogP contribution is -2.49. The van der Waals surface area contributed by atoms with Gasteiger partial charge >= 0.3 is 0 Å². The van der Waals surface area contributed by atoms with Gasteiger partial charge in [0.05, 0.1) is 34.5 Å². The van der Waals surface area contributed by atoms with Crippen molar-refractivity contribution in [2.75, 3.05) is 37.7 Å². The molecule has 0 bridgehead atoms. The van der Waals surface area contributed by atoms with Crippen LogP contribution < -0.4 is 9.64 Å². The van der Waals surface area contributed by atoms with Crippen molar-refractivity contribution in [3.63, 3.8) is 0 Å². The Morgan fingerprint density at radius 2 is 1.85 bits per heavy atom. The van der Waals surface area contributed by atoms with Crippen molar-refractivity contribution in [3.05, 3.63) is 69.8 Å². The molecular weight excluding hydrogens is 491 g/mol. The maximum absolute atomic E-state index is 13.1. The zero-order chi connectivity index (χ0) is 23.7. The Balaban J connectivity index is 1.25. The van der Waals surface area contributed by atoms with Crippen LogP contribution in [-0.4, -0.2) is 53.0 Å². The van der Waals surface area contributed by atoms with Crippen LogP contribution in [0.3, 0.4) is 0 Å². The van der Waals surface area contributed by atoms with E-state index in [-0.39, 0.29) is 5.91 Å². The average molecular weight is 515 g/mol. The summed E-state index contributed by atoms with van der Waals surface area (Å²) in [4.78, 5) is 22.8. The minimum atomic E-state index is 0.118. The molecule has 1 saturated heterocycles. The van der Waals surface area contributed by atoms with Gasteiger partial charge in [-0.2, -0.15) is 0 Å². The molecule has 0 saturated carbocycles. The second kappa shape index (κ2) is 9.86. The molecule has 3 heterocycles. The lowest BCUT2D eigenvalue weighted by atomic mass is 10.1. The highest BCUT2D eigenvalue weighted by Crippen LogP contribution is 2.33. The van der Waals surface area contributed by atoms with Gasteiger partial charge in [-0.05, 0) is 43.3 Å².